The molecule has 0 spiro atoms. The Morgan fingerprint density at radius 3 is 2.78 bits per heavy atom. The van der Waals surface area contributed by atoms with Gasteiger partial charge in [0.15, 0.2) is 0 Å². The third-order valence-electron chi connectivity index (χ3n) is 2.57. The first kappa shape index (κ1) is 12.8. The molecule has 1 saturated heterocycles. The summed E-state index contributed by atoms with van der Waals surface area (Å²) in [6, 6.07) is 7.06. The molecule has 1 atom stereocenters. The van der Waals surface area contributed by atoms with Crippen molar-refractivity contribution < 1.29 is 9.59 Å². The number of halogens is 1. The van der Waals surface area contributed by atoms with Crippen LogP contribution in [0.4, 0.5) is 0 Å². The van der Waals surface area contributed by atoms with E-state index in [1.54, 1.807) is 6.21 Å². The third kappa shape index (κ3) is 3.40. The Labute approximate surface area is 113 Å². The summed E-state index contributed by atoms with van der Waals surface area (Å²) in [6.07, 6.45) is 2.48. The van der Waals surface area contributed by atoms with Gasteiger partial charge in [-0.1, -0.05) is 28.1 Å². The fourth-order valence-corrected chi connectivity index (χ4v) is 1.87. The second kappa shape index (κ2) is 5.77. The van der Waals surface area contributed by atoms with Gasteiger partial charge in [-0.05, 0) is 24.1 Å². The smallest absolute Gasteiger partial charge is 0.262 e. The number of nitrogens with zero attached hydrogens (tertiary/aromatic N) is 1. The highest BCUT2D eigenvalue weighted by Crippen LogP contribution is 2.09. The van der Waals surface area contributed by atoms with Crippen LogP contribution >= 0.6 is 15.9 Å². The number of benzene rings is 1. The molecule has 18 heavy (non-hydrogen) atoms. The van der Waals surface area contributed by atoms with Crippen LogP contribution in [0.2, 0.25) is 0 Å². The van der Waals surface area contributed by atoms with E-state index in [1.165, 1.54) is 0 Å². The Morgan fingerprint density at radius 1 is 1.44 bits per heavy atom. The monoisotopic (exact) mass is 309 g/mol. The quantitative estimate of drug-likeness (QED) is 0.650. The number of rotatable bonds is 3. The summed E-state index contributed by atoms with van der Waals surface area (Å²) in [6.45, 7) is 0. The van der Waals surface area contributed by atoms with E-state index in [-0.39, 0.29) is 11.8 Å². The second-order valence-corrected chi connectivity index (χ2v) is 4.86. The highest BCUT2D eigenvalue weighted by molar-refractivity contribution is 9.10. The molecule has 1 aromatic carbocycles. The Balaban J connectivity index is 1.85. The first-order chi connectivity index (χ1) is 8.65. The van der Waals surface area contributed by atoms with Gasteiger partial charge in [-0.15, -0.1) is 0 Å². The minimum absolute atomic E-state index is 0.0907. The maximum absolute atomic E-state index is 11.6. The molecule has 0 saturated carbocycles. The Kier molecular flexibility index (Phi) is 4.09. The molecule has 0 unspecified atom stereocenters. The predicted molar refractivity (Wildman–Crippen MR) is 71.0 cm³/mol. The summed E-state index contributed by atoms with van der Waals surface area (Å²) >= 11 is 3.33. The molecule has 94 valence electrons. The van der Waals surface area contributed by atoms with Crippen LogP contribution in [0.1, 0.15) is 18.4 Å². The maximum atomic E-state index is 11.6. The first-order valence-electron chi connectivity index (χ1n) is 5.53. The van der Waals surface area contributed by atoms with Gasteiger partial charge in [-0.3, -0.25) is 9.59 Å². The molecular weight excluding hydrogens is 298 g/mol. The standard InChI is InChI=1S/C12H12BrN3O2/c13-9-3-1-8(2-4-9)7-14-16-12(18)10-5-6-11(17)15-10/h1-4,7,10H,5-6H2,(H,15,17)(H,16,18)/b14-7-/t10-/m0/s1. The van der Waals surface area contributed by atoms with Crippen molar-refractivity contribution in [1.29, 1.82) is 0 Å². The lowest BCUT2D eigenvalue weighted by Gasteiger charge is -2.06. The molecule has 1 aliphatic heterocycles. The molecule has 2 rings (SSSR count). The molecule has 0 bridgehead atoms. The van der Waals surface area contributed by atoms with E-state index in [0.717, 1.165) is 10.0 Å². The van der Waals surface area contributed by atoms with Gasteiger partial charge in [0.2, 0.25) is 5.91 Å². The highest BCUT2D eigenvalue weighted by Gasteiger charge is 2.26. The van der Waals surface area contributed by atoms with E-state index in [1.807, 2.05) is 24.3 Å². The van der Waals surface area contributed by atoms with Crippen molar-refractivity contribution in [2.24, 2.45) is 5.10 Å². The van der Waals surface area contributed by atoms with E-state index < -0.39 is 6.04 Å². The Hall–Kier alpha value is -1.69. The van der Waals surface area contributed by atoms with E-state index in [2.05, 4.69) is 31.8 Å². The normalized spacial score (nSPS) is 18.9. The average Bonchev–Trinajstić information content (AvgIpc) is 2.78. The molecule has 1 heterocycles. The van der Waals surface area contributed by atoms with Gasteiger partial charge in [0.25, 0.3) is 5.91 Å². The zero-order valence-corrected chi connectivity index (χ0v) is 11.1. The topological polar surface area (TPSA) is 70.6 Å². The third-order valence-corrected chi connectivity index (χ3v) is 3.10. The summed E-state index contributed by atoms with van der Waals surface area (Å²) < 4.78 is 0.984. The van der Waals surface area contributed by atoms with E-state index in [4.69, 9.17) is 0 Å². The Morgan fingerprint density at radius 2 is 2.17 bits per heavy atom. The van der Waals surface area contributed by atoms with Crippen LogP contribution < -0.4 is 10.7 Å². The van der Waals surface area contributed by atoms with Gasteiger partial charge in [-0.2, -0.15) is 5.10 Å². The number of hydrogen-bond acceptors (Lipinski definition) is 3. The van der Waals surface area contributed by atoms with E-state index in [9.17, 15) is 9.59 Å². The highest BCUT2D eigenvalue weighted by atomic mass is 79.9. The molecule has 0 aromatic heterocycles. The van der Waals surface area contributed by atoms with Gasteiger partial charge in [0.1, 0.15) is 6.04 Å². The molecule has 2 N–H and O–H groups in total. The van der Waals surface area contributed by atoms with Gasteiger partial charge in [-0.25, -0.2) is 5.43 Å². The summed E-state index contributed by atoms with van der Waals surface area (Å²) in [7, 11) is 0. The number of carbonyl (C=O) groups excluding carboxylic acids is 2. The molecule has 1 aliphatic rings. The number of nitrogens with one attached hydrogen (secondary N) is 2. The molecule has 1 aromatic rings. The molecule has 0 radical (unpaired) electrons. The second-order valence-electron chi connectivity index (χ2n) is 3.94. The van der Waals surface area contributed by atoms with Crippen LogP contribution in [-0.2, 0) is 9.59 Å². The number of hydrazone groups is 1. The fourth-order valence-electron chi connectivity index (χ4n) is 1.61. The van der Waals surface area contributed by atoms with Crippen LogP contribution in [0, 0.1) is 0 Å². The number of carbonyl (C=O) groups is 2. The van der Waals surface area contributed by atoms with E-state index >= 15 is 0 Å². The SMILES string of the molecule is O=C1CC[C@@H](C(=O)N/N=C\c2ccc(Br)cc2)N1. The van der Waals surface area contributed by atoms with Crippen LogP contribution in [0.25, 0.3) is 0 Å². The fraction of sp³-hybridized carbons (Fsp3) is 0.250. The van der Waals surface area contributed by atoms with Crippen molar-refractivity contribution in [1.82, 2.24) is 10.7 Å². The van der Waals surface area contributed by atoms with Crippen LogP contribution in [0.3, 0.4) is 0 Å². The van der Waals surface area contributed by atoms with Gasteiger partial charge in [0.05, 0.1) is 6.21 Å². The first-order valence-corrected chi connectivity index (χ1v) is 6.32. The lowest BCUT2D eigenvalue weighted by molar-refractivity contribution is -0.125. The lowest BCUT2D eigenvalue weighted by Crippen LogP contribution is -2.39. The number of hydrogen-bond donors (Lipinski definition) is 2. The van der Waals surface area contributed by atoms with Gasteiger partial charge < -0.3 is 5.32 Å². The zero-order valence-electron chi connectivity index (χ0n) is 9.52. The zero-order chi connectivity index (χ0) is 13.0. The van der Waals surface area contributed by atoms with Crippen LogP contribution in [-0.4, -0.2) is 24.1 Å². The Bertz CT molecular complexity index is 485. The molecule has 0 aliphatic carbocycles. The van der Waals surface area contributed by atoms with Crippen molar-refractivity contribution in [3.8, 4) is 0 Å². The summed E-state index contributed by atoms with van der Waals surface area (Å²) in [5.74, 6) is -0.374. The van der Waals surface area contributed by atoms with Crippen molar-refractivity contribution in [2.45, 2.75) is 18.9 Å². The molecule has 2 amide bonds. The van der Waals surface area contributed by atoms with E-state index in [0.29, 0.717) is 12.8 Å². The average molecular weight is 310 g/mol. The van der Waals surface area contributed by atoms with Gasteiger partial charge in [0, 0.05) is 10.9 Å². The van der Waals surface area contributed by atoms with Crippen molar-refractivity contribution in [2.75, 3.05) is 0 Å². The van der Waals surface area contributed by atoms with Crippen molar-refractivity contribution in [3.05, 3.63) is 34.3 Å². The summed E-state index contributed by atoms with van der Waals surface area (Å²) in [4.78, 5) is 22.5. The summed E-state index contributed by atoms with van der Waals surface area (Å²) in [5, 5.41) is 6.43. The lowest BCUT2D eigenvalue weighted by atomic mass is 10.2. The molecule has 5 nitrogen and oxygen atoms in total. The van der Waals surface area contributed by atoms with Crippen molar-refractivity contribution in [3.63, 3.8) is 0 Å². The van der Waals surface area contributed by atoms with Gasteiger partial charge >= 0.3 is 0 Å². The molecule has 1 fully saturated rings. The summed E-state index contributed by atoms with van der Waals surface area (Å²) in [5.41, 5.74) is 3.30. The number of amides is 2. The van der Waals surface area contributed by atoms with Crippen LogP contribution in [0.15, 0.2) is 33.8 Å². The minimum atomic E-state index is -0.459. The molecule has 6 heteroatoms. The predicted octanol–water partition coefficient (Wildman–Crippen LogP) is 1.18. The molecular formula is C12H12BrN3O2. The largest absolute Gasteiger partial charge is 0.344 e. The minimum Gasteiger partial charge on any atom is -0.344 e. The maximum Gasteiger partial charge on any atom is 0.262 e. The van der Waals surface area contributed by atoms with Crippen LogP contribution in [0.5, 0.6) is 0 Å². The van der Waals surface area contributed by atoms with Crippen molar-refractivity contribution >= 4 is 34.0 Å².